The number of aromatic nitrogens is 4. The highest BCUT2D eigenvalue weighted by Crippen LogP contribution is 2.26. The number of aliphatic hydroxyl groups excluding tert-OH is 1. The Kier molecular flexibility index (Phi) is 2.17. The number of aryl methyl sites for hydroxylation is 1. The Morgan fingerprint density at radius 1 is 1.53 bits per heavy atom. The smallest absolute Gasteiger partial charge is 0.329 e. The van der Waals surface area contributed by atoms with Crippen molar-refractivity contribution in [3.63, 3.8) is 0 Å². The largest absolute Gasteiger partial charge is 0.390 e. The summed E-state index contributed by atoms with van der Waals surface area (Å²) in [6.45, 7) is 0.333. The topological polar surface area (TPSA) is 92.9 Å². The summed E-state index contributed by atoms with van der Waals surface area (Å²) in [7, 11) is 1.56. The van der Waals surface area contributed by atoms with E-state index in [-0.39, 0.29) is 0 Å². The maximum absolute atomic E-state index is 11.8. The van der Waals surface area contributed by atoms with Gasteiger partial charge in [-0.3, -0.25) is 14.3 Å². The number of imidazole rings is 1. The number of H-pyrrole nitrogens is 1. The molecule has 90 valence electrons. The molecular formula is C9H10N4O3S. The van der Waals surface area contributed by atoms with E-state index in [2.05, 4.69) is 9.97 Å². The number of rotatable bonds is 0. The van der Waals surface area contributed by atoms with E-state index >= 15 is 0 Å². The predicted molar refractivity (Wildman–Crippen MR) is 62.3 cm³/mol. The lowest BCUT2D eigenvalue weighted by molar-refractivity contribution is 0.172. The molecule has 3 rings (SSSR count). The first-order valence-corrected chi connectivity index (χ1v) is 6.07. The molecule has 0 aliphatic carbocycles. The highest BCUT2D eigenvalue weighted by atomic mass is 32.2. The molecule has 0 unspecified atom stereocenters. The molecule has 0 fully saturated rings. The lowest BCUT2D eigenvalue weighted by atomic mass is 10.4. The number of nitrogens with one attached hydrogen (secondary N) is 1. The number of thioether (sulfide) groups is 1. The predicted octanol–water partition coefficient (Wildman–Crippen LogP) is -1.11. The second-order valence-corrected chi connectivity index (χ2v) is 4.95. The van der Waals surface area contributed by atoms with E-state index in [1.807, 2.05) is 0 Å². The molecule has 0 amide bonds. The molecule has 0 bridgehead atoms. The summed E-state index contributed by atoms with van der Waals surface area (Å²) in [4.78, 5) is 29.7. The van der Waals surface area contributed by atoms with Crippen LogP contribution in [-0.4, -0.2) is 36.1 Å². The second kappa shape index (κ2) is 3.47. The quantitative estimate of drug-likeness (QED) is 0.622. The lowest BCUT2D eigenvalue weighted by Gasteiger charge is -2.18. The van der Waals surface area contributed by atoms with Gasteiger partial charge >= 0.3 is 5.69 Å². The summed E-state index contributed by atoms with van der Waals surface area (Å²) in [6, 6.07) is 0. The minimum atomic E-state index is -0.499. The molecular weight excluding hydrogens is 244 g/mol. The van der Waals surface area contributed by atoms with Gasteiger partial charge < -0.3 is 9.67 Å². The van der Waals surface area contributed by atoms with Crippen molar-refractivity contribution in [3.05, 3.63) is 20.8 Å². The zero-order chi connectivity index (χ0) is 12.2. The van der Waals surface area contributed by atoms with Crippen LogP contribution in [0.3, 0.4) is 0 Å². The number of hydrogen-bond donors (Lipinski definition) is 2. The van der Waals surface area contributed by atoms with Crippen LogP contribution in [0.15, 0.2) is 14.7 Å². The van der Waals surface area contributed by atoms with Crippen LogP contribution in [0.4, 0.5) is 0 Å². The summed E-state index contributed by atoms with van der Waals surface area (Å²) in [5, 5.41) is 10.3. The number of hydrogen-bond acceptors (Lipinski definition) is 5. The maximum atomic E-state index is 11.8. The Hall–Kier alpha value is -1.54. The van der Waals surface area contributed by atoms with Crippen molar-refractivity contribution < 1.29 is 5.11 Å². The van der Waals surface area contributed by atoms with Crippen LogP contribution in [-0.2, 0) is 13.6 Å². The minimum Gasteiger partial charge on any atom is -0.390 e. The average Bonchev–Trinajstić information content (AvgIpc) is 2.65. The third-order valence-corrected chi connectivity index (χ3v) is 3.89. The van der Waals surface area contributed by atoms with Crippen molar-refractivity contribution in [1.29, 1.82) is 0 Å². The van der Waals surface area contributed by atoms with Crippen LogP contribution in [0.1, 0.15) is 0 Å². The normalized spacial score (nSPS) is 19.5. The molecule has 0 saturated heterocycles. The van der Waals surface area contributed by atoms with Gasteiger partial charge in [0.15, 0.2) is 16.3 Å². The third-order valence-electron chi connectivity index (χ3n) is 2.77. The van der Waals surface area contributed by atoms with Crippen LogP contribution < -0.4 is 11.2 Å². The van der Waals surface area contributed by atoms with Crippen molar-refractivity contribution >= 4 is 22.9 Å². The summed E-state index contributed by atoms with van der Waals surface area (Å²) in [5.41, 5.74) is -0.247. The fraction of sp³-hybridized carbons (Fsp3) is 0.444. The summed E-state index contributed by atoms with van der Waals surface area (Å²) in [6.07, 6.45) is -0.499. The second-order valence-electron chi connectivity index (χ2n) is 3.96. The zero-order valence-corrected chi connectivity index (χ0v) is 9.82. The van der Waals surface area contributed by atoms with Crippen LogP contribution in [0.25, 0.3) is 11.2 Å². The van der Waals surface area contributed by atoms with Crippen LogP contribution in [0.2, 0.25) is 0 Å². The first kappa shape index (κ1) is 10.6. The van der Waals surface area contributed by atoms with Gasteiger partial charge in [0, 0.05) is 12.8 Å². The molecule has 2 aromatic heterocycles. The fourth-order valence-electron chi connectivity index (χ4n) is 1.93. The van der Waals surface area contributed by atoms with E-state index < -0.39 is 17.4 Å². The Bertz CT molecular complexity index is 713. The molecule has 1 aliphatic heterocycles. The van der Waals surface area contributed by atoms with Crippen LogP contribution >= 0.6 is 11.8 Å². The molecule has 2 aromatic rings. The number of aliphatic hydroxyl groups is 1. The average molecular weight is 254 g/mol. The van der Waals surface area contributed by atoms with Crippen LogP contribution in [0, 0.1) is 0 Å². The third kappa shape index (κ3) is 1.44. The maximum Gasteiger partial charge on any atom is 0.329 e. The molecule has 0 spiro atoms. The molecule has 8 heteroatoms. The Morgan fingerprint density at radius 2 is 2.29 bits per heavy atom. The van der Waals surface area contributed by atoms with Gasteiger partial charge in [-0.05, 0) is 0 Å². The molecule has 0 aromatic carbocycles. The van der Waals surface area contributed by atoms with E-state index in [1.54, 1.807) is 11.6 Å². The van der Waals surface area contributed by atoms with E-state index in [9.17, 15) is 14.7 Å². The molecule has 2 N–H and O–H groups in total. The molecule has 0 radical (unpaired) electrons. The number of nitrogens with zero attached hydrogens (tertiary/aromatic N) is 3. The molecule has 7 nitrogen and oxygen atoms in total. The van der Waals surface area contributed by atoms with Crippen molar-refractivity contribution in [1.82, 2.24) is 19.1 Å². The Labute approximate surface area is 99.1 Å². The molecule has 1 atom stereocenters. The van der Waals surface area contributed by atoms with Gasteiger partial charge in [-0.1, -0.05) is 11.8 Å². The van der Waals surface area contributed by atoms with Gasteiger partial charge in [0.2, 0.25) is 0 Å². The zero-order valence-electron chi connectivity index (χ0n) is 9.01. The van der Waals surface area contributed by atoms with Gasteiger partial charge in [-0.2, -0.15) is 0 Å². The van der Waals surface area contributed by atoms with E-state index in [0.717, 1.165) is 0 Å². The monoisotopic (exact) mass is 254 g/mol. The summed E-state index contributed by atoms with van der Waals surface area (Å²) < 4.78 is 2.96. The fourth-order valence-corrected chi connectivity index (χ4v) is 2.85. The van der Waals surface area contributed by atoms with E-state index in [4.69, 9.17) is 0 Å². The first-order chi connectivity index (χ1) is 8.08. The first-order valence-electron chi connectivity index (χ1n) is 5.08. The Balaban J connectivity index is 2.44. The van der Waals surface area contributed by atoms with Crippen molar-refractivity contribution in [2.75, 3.05) is 5.75 Å². The lowest BCUT2D eigenvalue weighted by Crippen LogP contribution is -2.30. The molecule has 1 aliphatic rings. The molecule has 0 saturated carbocycles. The Morgan fingerprint density at radius 3 is 3.06 bits per heavy atom. The summed E-state index contributed by atoms with van der Waals surface area (Å²) >= 11 is 1.38. The van der Waals surface area contributed by atoms with E-state index in [0.29, 0.717) is 28.6 Å². The van der Waals surface area contributed by atoms with Gasteiger partial charge in [0.1, 0.15) is 0 Å². The van der Waals surface area contributed by atoms with Gasteiger partial charge in [-0.25, -0.2) is 9.78 Å². The SMILES string of the molecule is Cn1c(=O)[nH]c(=O)c2c1nc1n2C[C@H](O)CS1. The van der Waals surface area contributed by atoms with Crippen LogP contribution in [0.5, 0.6) is 0 Å². The summed E-state index contributed by atoms with van der Waals surface area (Å²) in [5.74, 6) is 0.551. The highest BCUT2D eigenvalue weighted by Gasteiger charge is 2.23. The van der Waals surface area contributed by atoms with Gasteiger partial charge in [-0.15, -0.1) is 0 Å². The molecule has 17 heavy (non-hydrogen) atoms. The van der Waals surface area contributed by atoms with Gasteiger partial charge in [0.25, 0.3) is 5.56 Å². The van der Waals surface area contributed by atoms with E-state index in [1.165, 1.54) is 16.3 Å². The minimum absolute atomic E-state index is 0.333. The standard InChI is InChI=1S/C9H10N4O3S/c1-12-6-5(7(15)11-8(12)16)13-2-4(14)3-17-9(13)10-6/h4,14H,2-3H2,1H3,(H,11,15,16)/t4-/m0/s1. The molecule has 3 heterocycles. The number of fused-ring (bicyclic) bond motifs is 3. The van der Waals surface area contributed by atoms with Crippen molar-refractivity contribution in [3.8, 4) is 0 Å². The van der Waals surface area contributed by atoms with Gasteiger partial charge in [0.05, 0.1) is 12.6 Å². The van der Waals surface area contributed by atoms with Crippen molar-refractivity contribution in [2.45, 2.75) is 17.8 Å². The number of aromatic amines is 1. The highest BCUT2D eigenvalue weighted by molar-refractivity contribution is 7.99. The van der Waals surface area contributed by atoms with Crippen molar-refractivity contribution in [2.24, 2.45) is 7.05 Å².